The lowest BCUT2D eigenvalue weighted by molar-refractivity contribution is -0.146. The Labute approximate surface area is 197 Å². The molecule has 0 N–H and O–H groups in total. The number of carbonyl (C=O) groups excluding carboxylic acids is 1. The van der Waals surface area contributed by atoms with Crippen molar-refractivity contribution in [2.45, 2.75) is 99.0 Å². The Morgan fingerprint density at radius 2 is 1.84 bits per heavy atom. The summed E-state index contributed by atoms with van der Waals surface area (Å²) in [5, 5.41) is 0. The van der Waals surface area contributed by atoms with Crippen LogP contribution in [-0.4, -0.2) is 12.1 Å². The smallest absolute Gasteiger partial charge is 0.302 e. The minimum atomic E-state index is -0.175. The summed E-state index contributed by atoms with van der Waals surface area (Å²) in [5.74, 6) is 3.31. The highest BCUT2D eigenvalue weighted by Gasteiger charge is 2.50. The Bertz CT molecular complexity index is 783. The van der Waals surface area contributed by atoms with Crippen molar-refractivity contribution in [1.82, 2.24) is 0 Å². The average molecular weight is 439 g/mol. The molecule has 3 rings (SSSR count). The first-order valence-corrected chi connectivity index (χ1v) is 13.0. The minimum Gasteiger partial charge on any atom is -0.462 e. The molecule has 0 bridgehead atoms. The lowest BCUT2D eigenvalue weighted by Gasteiger charge is -2.44. The highest BCUT2D eigenvalue weighted by Crippen LogP contribution is 2.59. The molecule has 178 valence electrons. The van der Waals surface area contributed by atoms with E-state index in [2.05, 4.69) is 65.5 Å². The van der Waals surface area contributed by atoms with Gasteiger partial charge in [-0.15, -0.1) is 0 Å². The fourth-order valence-electron chi connectivity index (χ4n) is 6.57. The molecular formula is C30H46O2. The molecule has 3 fully saturated rings. The predicted molar refractivity (Wildman–Crippen MR) is 135 cm³/mol. The Kier molecular flexibility index (Phi) is 8.28. The zero-order chi connectivity index (χ0) is 23.5. The molecule has 0 saturated heterocycles. The van der Waals surface area contributed by atoms with Gasteiger partial charge in [-0.25, -0.2) is 0 Å². The summed E-state index contributed by atoms with van der Waals surface area (Å²) in [6, 6.07) is 0. The van der Waals surface area contributed by atoms with E-state index in [0.29, 0.717) is 29.1 Å². The Balaban J connectivity index is 1.74. The van der Waals surface area contributed by atoms with Crippen LogP contribution in [0.4, 0.5) is 0 Å². The van der Waals surface area contributed by atoms with Crippen molar-refractivity contribution in [3.05, 3.63) is 47.6 Å². The summed E-state index contributed by atoms with van der Waals surface area (Å²) in [4.78, 5) is 11.4. The van der Waals surface area contributed by atoms with E-state index in [1.807, 2.05) is 0 Å². The van der Waals surface area contributed by atoms with Crippen LogP contribution in [0, 0.1) is 35.0 Å². The van der Waals surface area contributed by atoms with Gasteiger partial charge in [-0.2, -0.15) is 0 Å². The first-order chi connectivity index (χ1) is 15.1. The van der Waals surface area contributed by atoms with Gasteiger partial charge in [0, 0.05) is 13.3 Å². The van der Waals surface area contributed by atoms with Crippen LogP contribution in [0.5, 0.6) is 0 Å². The highest BCUT2D eigenvalue weighted by molar-refractivity contribution is 5.66. The molecule has 0 aliphatic heterocycles. The van der Waals surface area contributed by atoms with Gasteiger partial charge in [-0.05, 0) is 85.5 Å². The third-order valence-corrected chi connectivity index (χ3v) is 8.94. The number of rotatable bonds is 6. The van der Waals surface area contributed by atoms with E-state index in [-0.39, 0.29) is 12.1 Å². The number of hydrogen-bond donors (Lipinski definition) is 0. The predicted octanol–water partition coefficient (Wildman–Crippen LogP) is 8.21. The molecule has 2 nitrogen and oxygen atoms in total. The van der Waals surface area contributed by atoms with Crippen molar-refractivity contribution in [3.8, 4) is 0 Å². The standard InChI is InChI=1S/C30H46O2/c1-20(2)21(3)10-11-23(5)28-16-17-29-25(9-8-18-30(28,29)7)13-14-26-19-27(32-24(6)31)15-12-22(26)4/h10-11,13-14,20-21,23,27-29H,4,8-9,12,15-19H2,1-3,5-7H3/b11-10+,25-13+,26-14-/t21-,23+,27-,28+,29+,30+/m0/s1. The van der Waals surface area contributed by atoms with Crippen LogP contribution in [0.25, 0.3) is 0 Å². The Morgan fingerprint density at radius 1 is 1.09 bits per heavy atom. The molecule has 0 unspecified atom stereocenters. The lowest BCUT2D eigenvalue weighted by Crippen LogP contribution is -2.35. The van der Waals surface area contributed by atoms with Gasteiger partial charge in [-0.1, -0.05) is 76.6 Å². The maximum absolute atomic E-state index is 11.4. The van der Waals surface area contributed by atoms with E-state index in [4.69, 9.17) is 4.74 Å². The molecule has 3 aliphatic rings. The molecule has 3 saturated carbocycles. The average Bonchev–Trinajstić information content (AvgIpc) is 3.09. The van der Waals surface area contributed by atoms with E-state index < -0.39 is 0 Å². The zero-order valence-electron chi connectivity index (χ0n) is 21.5. The molecule has 0 aromatic heterocycles. The first-order valence-electron chi connectivity index (χ1n) is 13.0. The van der Waals surface area contributed by atoms with Gasteiger partial charge in [0.2, 0.25) is 0 Å². The van der Waals surface area contributed by atoms with Gasteiger partial charge in [0.1, 0.15) is 6.10 Å². The second-order valence-corrected chi connectivity index (χ2v) is 11.5. The number of fused-ring (bicyclic) bond motifs is 1. The van der Waals surface area contributed by atoms with Gasteiger partial charge in [-0.3, -0.25) is 4.79 Å². The molecule has 2 heteroatoms. The number of allylic oxidation sites excluding steroid dienone is 6. The zero-order valence-corrected chi connectivity index (χ0v) is 21.5. The van der Waals surface area contributed by atoms with Gasteiger partial charge in [0.15, 0.2) is 0 Å². The summed E-state index contributed by atoms with van der Waals surface area (Å²) in [6.07, 6.45) is 18.9. The van der Waals surface area contributed by atoms with Crippen molar-refractivity contribution in [2.24, 2.45) is 35.0 Å². The maximum Gasteiger partial charge on any atom is 0.302 e. The van der Waals surface area contributed by atoms with E-state index in [1.54, 1.807) is 5.57 Å². The van der Waals surface area contributed by atoms with Crippen LogP contribution in [0.1, 0.15) is 92.9 Å². The second-order valence-electron chi connectivity index (χ2n) is 11.5. The summed E-state index contributed by atoms with van der Waals surface area (Å²) >= 11 is 0. The van der Waals surface area contributed by atoms with Crippen LogP contribution >= 0.6 is 0 Å². The first kappa shape index (κ1) is 25.1. The van der Waals surface area contributed by atoms with Crippen LogP contribution in [0.3, 0.4) is 0 Å². The molecule has 0 aromatic rings. The Morgan fingerprint density at radius 3 is 2.53 bits per heavy atom. The fourth-order valence-corrected chi connectivity index (χ4v) is 6.57. The molecule has 0 heterocycles. The number of carbonyl (C=O) groups is 1. The van der Waals surface area contributed by atoms with Crippen LogP contribution < -0.4 is 0 Å². The van der Waals surface area contributed by atoms with Crippen LogP contribution in [0.2, 0.25) is 0 Å². The van der Waals surface area contributed by atoms with Gasteiger partial charge in [0.25, 0.3) is 0 Å². The summed E-state index contributed by atoms with van der Waals surface area (Å²) in [7, 11) is 0. The lowest BCUT2D eigenvalue weighted by atomic mass is 9.61. The van der Waals surface area contributed by atoms with Crippen molar-refractivity contribution in [2.75, 3.05) is 0 Å². The quantitative estimate of drug-likeness (QED) is 0.308. The molecule has 0 amide bonds. The van der Waals surface area contributed by atoms with E-state index in [0.717, 1.165) is 25.2 Å². The fraction of sp³-hybridized carbons (Fsp3) is 0.700. The third-order valence-electron chi connectivity index (χ3n) is 8.94. The van der Waals surface area contributed by atoms with Gasteiger partial charge in [0.05, 0.1) is 0 Å². The molecular weight excluding hydrogens is 392 g/mol. The van der Waals surface area contributed by atoms with Crippen LogP contribution in [0.15, 0.2) is 47.6 Å². The molecule has 0 radical (unpaired) electrons. The van der Waals surface area contributed by atoms with E-state index >= 15 is 0 Å². The maximum atomic E-state index is 11.4. The van der Waals surface area contributed by atoms with Crippen LogP contribution in [-0.2, 0) is 9.53 Å². The molecule has 3 aliphatic carbocycles. The second kappa shape index (κ2) is 10.6. The molecule has 32 heavy (non-hydrogen) atoms. The third kappa shape index (κ3) is 5.67. The van der Waals surface area contributed by atoms with Crippen molar-refractivity contribution in [3.63, 3.8) is 0 Å². The summed E-state index contributed by atoms with van der Waals surface area (Å²) in [6.45, 7) is 17.8. The van der Waals surface area contributed by atoms with E-state index in [9.17, 15) is 4.79 Å². The van der Waals surface area contributed by atoms with Gasteiger partial charge < -0.3 is 4.74 Å². The summed E-state index contributed by atoms with van der Waals surface area (Å²) in [5.41, 5.74) is 4.54. The number of ether oxygens (including phenoxy) is 1. The SMILES string of the molecule is C=C1CC[C@H](OC(C)=O)C/C1=C/C=C1\CCC[C@@]2(C)[C@@H]1CC[C@@H]2[C@H](C)/C=C/[C@H](C)C(C)C. The topological polar surface area (TPSA) is 26.3 Å². The normalized spacial score (nSPS) is 35.5. The number of esters is 1. The monoisotopic (exact) mass is 438 g/mol. The van der Waals surface area contributed by atoms with Crippen molar-refractivity contribution in [1.29, 1.82) is 0 Å². The Hall–Kier alpha value is -1.57. The molecule has 0 aromatic carbocycles. The minimum absolute atomic E-state index is 0.0102. The highest BCUT2D eigenvalue weighted by atomic mass is 16.5. The van der Waals surface area contributed by atoms with Crippen molar-refractivity contribution >= 4 is 5.97 Å². The molecule has 0 spiro atoms. The summed E-state index contributed by atoms with van der Waals surface area (Å²) < 4.78 is 5.49. The number of hydrogen-bond acceptors (Lipinski definition) is 2. The largest absolute Gasteiger partial charge is 0.462 e. The van der Waals surface area contributed by atoms with Crippen molar-refractivity contribution < 1.29 is 9.53 Å². The van der Waals surface area contributed by atoms with Gasteiger partial charge >= 0.3 is 5.97 Å². The molecule has 6 atom stereocenters. The van der Waals surface area contributed by atoms with E-state index in [1.165, 1.54) is 50.2 Å².